The Bertz CT molecular complexity index is 956. The third-order valence-corrected chi connectivity index (χ3v) is 4.88. The van der Waals surface area contributed by atoms with Gasteiger partial charge < -0.3 is 4.90 Å². The van der Waals surface area contributed by atoms with E-state index in [9.17, 15) is 10.1 Å². The van der Waals surface area contributed by atoms with E-state index in [2.05, 4.69) is 22.9 Å². The number of hydrogen-bond acceptors (Lipinski definition) is 5. The molecule has 0 saturated carbocycles. The summed E-state index contributed by atoms with van der Waals surface area (Å²) in [4.78, 5) is 22.4. The summed E-state index contributed by atoms with van der Waals surface area (Å²) in [5, 5.41) is 11.9. The summed E-state index contributed by atoms with van der Waals surface area (Å²) >= 11 is 0. The Kier molecular flexibility index (Phi) is 4.24. The van der Waals surface area contributed by atoms with Crippen LogP contribution in [0.3, 0.4) is 0 Å². The third-order valence-electron chi connectivity index (χ3n) is 4.88. The number of nitro benzene ring substituents is 1. The maximum Gasteiger partial charge on any atom is 0.269 e. The number of rotatable bonds is 3. The lowest BCUT2D eigenvalue weighted by Crippen LogP contribution is -2.35. The summed E-state index contributed by atoms with van der Waals surface area (Å²) in [6.07, 6.45) is 2.40. The number of fused-ring (bicyclic) bond motifs is 1. The fraction of sp³-hybridized carbons (Fsp3) is 0.300. The number of nitrogens with zero attached hydrogens (tertiary/aromatic N) is 4. The van der Waals surface area contributed by atoms with Gasteiger partial charge in [-0.1, -0.05) is 19.1 Å². The third kappa shape index (κ3) is 3.10. The molecule has 3 aromatic rings. The van der Waals surface area contributed by atoms with Crippen LogP contribution in [0.2, 0.25) is 0 Å². The van der Waals surface area contributed by atoms with Crippen LogP contribution in [-0.4, -0.2) is 28.0 Å². The van der Waals surface area contributed by atoms with Gasteiger partial charge in [0.2, 0.25) is 0 Å². The molecule has 1 saturated heterocycles. The Morgan fingerprint density at radius 2 is 1.88 bits per heavy atom. The lowest BCUT2D eigenvalue weighted by Gasteiger charge is -2.32. The standard InChI is InChI=1S/C20H20N4O2/c1-14-5-4-12-23(13-14)20-17-6-2-3-7-18(17)21-19(22-20)15-8-10-16(11-9-15)24(25)26/h2-3,6-11,14H,4-5,12-13H2,1H3/t14-/m0/s1. The number of hydrogen-bond donors (Lipinski definition) is 0. The van der Waals surface area contributed by atoms with Crippen molar-refractivity contribution in [2.45, 2.75) is 19.8 Å². The van der Waals surface area contributed by atoms with E-state index in [1.807, 2.05) is 18.2 Å². The predicted octanol–water partition coefficient (Wildman–Crippen LogP) is 4.44. The van der Waals surface area contributed by atoms with Gasteiger partial charge in [0.15, 0.2) is 5.82 Å². The molecule has 6 heteroatoms. The number of non-ortho nitro benzene ring substituents is 1. The minimum Gasteiger partial charge on any atom is -0.356 e. The van der Waals surface area contributed by atoms with Gasteiger partial charge in [0.05, 0.1) is 10.4 Å². The minimum absolute atomic E-state index is 0.0691. The first-order valence-electron chi connectivity index (χ1n) is 8.88. The van der Waals surface area contributed by atoms with Crippen LogP contribution in [0, 0.1) is 16.0 Å². The molecule has 1 aromatic heterocycles. The molecule has 132 valence electrons. The Balaban J connectivity index is 1.82. The highest BCUT2D eigenvalue weighted by Crippen LogP contribution is 2.30. The van der Waals surface area contributed by atoms with Gasteiger partial charge in [-0.2, -0.15) is 0 Å². The van der Waals surface area contributed by atoms with Crippen molar-refractivity contribution in [2.24, 2.45) is 5.92 Å². The van der Waals surface area contributed by atoms with Crippen molar-refractivity contribution < 1.29 is 4.92 Å². The second-order valence-electron chi connectivity index (χ2n) is 6.89. The van der Waals surface area contributed by atoms with Gasteiger partial charge in [-0.25, -0.2) is 9.97 Å². The Labute approximate surface area is 151 Å². The van der Waals surface area contributed by atoms with Crippen LogP contribution >= 0.6 is 0 Å². The molecule has 0 spiro atoms. The van der Waals surface area contributed by atoms with E-state index in [0.717, 1.165) is 41.8 Å². The normalized spacial score (nSPS) is 17.4. The van der Waals surface area contributed by atoms with Gasteiger partial charge in [-0.05, 0) is 43.0 Å². The summed E-state index contributed by atoms with van der Waals surface area (Å²) in [7, 11) is 0. The highest BCUT2D eigenvalue weighted by molar-refractivity contribution is 5.91. The van der Waals surface area contributed by atoms with E-state index >= 15 is 0 Å². The molecule has 0 amide bonds. The second kappa shape index (κ2) is 6.71. The van der Waals surface area contributed by atoms with E-state index in [0.29, 0.717) is 11.7 Å². The van der Waals surface area contributed by atoms with Gasteiger partial charge >= 0.3 is 0 Å². The summed E-state index contributed by atoms with van der Waals surface area (Å²) in [6, 6.07) is 14.4. The zero-order chi connectivity index (χ0) is 18.1. The minimum atomic E-state index is -0.397. The van der Waals surface area contributed by atoms with E-state index in [1.165, 1.54) is 18.6 Å². The van der Waals surface area contributed by atoms with Crippen molar-refractivity contribution in [1.82, 2.24) is 9.97 Å². The van der Waals surface area contributed by atoms with Crippen LogP contribution in [0.25, 0.3) is 22.3 Å². The first kappa shape index (κ1) is 16.4. The molecule has 1 aliphatic heterocycles. The van der Waals surface area contributed by atoms with Crippen LogP contribution in [-0.2, 0) is 0 Å². The first-order chi connectivity index (χ1) is 12.6. The van der Waals surface area contributed by atoms with Crippen molar-refractivity contribution in [1.29, 1.82) is 0 Å². The quantitative estimate of drug-likeness (QED) is 0.517. The molecule has 2 aromatic carbocycles. The van der Waals surface area contributed by atoms with Crippen molar-refractivity contribution >= 4 is 22.4 Å². The summed E-state index contributed by atoms with van der Waals surface area (Å²) < 4.78 is 0. The molecule has 0 aliphatic carbocycles. The average Bonchev–Trinajstić information content (AvgIpc) is 2.67. The Morgan fingerprint density at radius 3 is 2.62 bits per heavy atom. The average molecular weight is 348 g/mol. The predicted molar refractivity (Wildman–Crippen MR) is 102 cm³/mol. The molecule has 0 unspecified atom stereocenters. The molecule has 1 fully saturated rings. The molecule has 1 atom stereocenters. The topological polar surface area (TPSA) is 72.2 Å². The summed E-state index contributed by atoms with van der Waals surface area (Å²) in [5.41, 5.74) is 1.75. The smallest absolute Gasteiger partial charge is 0.269 e. The molecule has 26 heavy (non-hydrogen) atoms. The van der Waals surface area contributed by atoms with E-state index in [4.69, 9.17) is 4.98 Å². The molecule has 0 bridgehead atoms. The zero-order valence-electron chi connectivity index (χ0n) is 14.6. The van der Waals surface area contributed by atoms with Crippen LogP contribution in [0.4, 0.5) is 11.5 Å². The van der Waals surface area contributed by atoms with Crippen LogP contribution in [0.1, 0.15) is 19.8 Å². The van der Waals surface area contributed by atoms with Gasteiger partial charge in [-0.15, -0.1) is 0 Å². The summed E-state index contributed by atoms with van der Waals surface area (Å²) in [5.74, 6) is 2.20. The Hall–Kier alpha value is -3.02. The van der Waals surface area contributed by atoms with Crippen molar-refractivity contribution in [3.8, 4) is 11.4 Å². The largest absolute Gasteiger partial charge is 0.356 e. The van der Waals surface area contributed by atoms with Crippen molar-refractivity contribution in [2.75, 3.05) is 18.0 Å². The number of aromatic nitrogens is 2. The molecular weight excluding hydrogens is 328 g/mol. The monoisotopic (exact) mass is 348 g/mol. The van der Waals surface area contributed by atoms with E-state index in [1.54, 1.807) is 12.1 Å². The number of anilines is 1. The molecule has 1 aliphatic rings. The van der Waals surface area contributed by atoms with Gasteiger partial charge in [0, 0.05) is 36.2 Å². The van der Waals surface area contributed by atoms with Crippen LogP contribution in [0.15, 0.2) is 48.5 Å². The van der Waals surface area contributed by atoms with Gasteiger partial charge in [0.25, 0.3) is 5.69 Å². The highest BCUT2D eigenvalue weighted by Gasteiger charge is 2.21. The maximum atomic E-state index is 10.9. The fourth-order valence-corrected chi connectivity index (χ4v) is 3.54. The van der Waals surface area contributed by atoms with E-state index in [-0.39, 0.29) is 5.69 Å². The SMILES string of the molecule is C[C@H]1CCCN(c2nc(-c3ccc([N+](=O)[O-])cc3)nc3ccccc23)C1. The molecule has 0 radical (unpaired) electrons. The van der Waals surface area contributed by atoms with Crippen LogP contribution in [0.5, 0.6) is 0 Å². The van der Waals surface area contributed by atoms with Crippen molar-refractivity contribution in [3.63, 3.8) is 0 Å². The molecule has 0 N–H and O–H groups in total. The number of benzene rings is 2. The summed E-state index contributed by atoms with van der Waals surface area (Å²) in [6.45, 7) is 4.25. The molecule has 6 nitrogen and oxygen atoms in total. The zero-order valence-corrected chi connectivity index (χ0v) is 14.6. The van der Waals surface area contributed by atoms with Crippen molar-refractivity contribution in [3.05, 3.63) is 58.6 Å². The van der Waals surface area contributed by atoms with Gasteiger partial charge in [-0.3, -0.25) is 10.1 Å². The maximum absolute atomic E-state index is 10.9. The number of para-hydroxylation sites is 1. The molecule has 4 rings (SSSR count). The van der Waals surface area contributed by atoms with Crippen LogP contribution < -0.4 is 4.90 Å². The number of piperidine rings is 1. The first-order valence-corrected chi connectivity index (χ1v) is 8.88. The fourth-order valence-electron chi connectivity index (χ4n) is 3.54. The number of nitro groups is 1. The van der Waals surface area contributed by atoms with Gasteiger partial charge in [0.1, 0.15) is 5.82 Å². The highest BCUT2D eigenvalue weighted by atomic mass is 16.6. The van der Waals surface area contributed by atoms with E-state index < -0.39 is 4.92 Å². The lowest BCUT2D eigenvalue weighted by atomic mass is 10.00. The Morgan fingerprint density at radius 1 is 1.12 bits per heavy atom. The molecular formula is C20H20N4O2. The molecule has 2 heterocycles. The lowest BCUT2D eigenvalue weighted by molar-refractivity contribution is -0.384. The second-order valence-corrected chi connectivity index (χ2v) is 6.89.